The summed E-state index contributed by atoms with van der Waals surface area (Å²) in [5.41, 5.74) is 6.81. The number of nitrogens with two attached hydrogens (primary N) is 1. The molecular formula is C10H10BrN3. The van der Waals surface area contributed by atoms with Crippen LogP contribution in [0, 0.1) is 11.3 Å². The summed E-state index contributed by atoms with van der Waals surface area (Å²) >= 11 is 3.32. The molecule has 14 heavy (non-hydrogen) atoms. The summed E-state index contributed by atoms with van der Waals surface area (Å²) in [5, 5.41) is 9.64. The van der Waals surface area contributed by atoms with Gasteiger partial charge in [0.1, 0.15) is 11.9 Å². The molecule has 72 valence electrons. The molecule has 1 rings (SSSR count). The Morgan fingerprint density at radius 2 is 2.43 bits per heavy atom. The van der Waals surface area contributed by atoms with E-state index in [9.17, 15) is 0 Å². The van der Waals surface area contributed by atoms with Gasteiger partial charge in [-0.1, -0.05) is 28.1 Å². The van der Waals surface area contributed by atoms with Crippen molar-refractivity contribution >= 4 is 27.8 Å². The highest BCUT2D eigenvalue weighted by molar-refractivity contribution is 9.09. The number of halogens is 1. The zero-order valence-corrected chi connectivity index (χ0v) is 9.16. The van der Waals surface area contributed by atoms with Crippen LogP contribution in [-0.2, 0) is 0 Å². The number of alkyl halides is 1. The number of nitriles is 1. The molecule has 0 saturated heterocycles. The van der Waals surface area contributed by atoms with Crippen LogP contribution in [0.15, 0.2) is 18.3 Å². The van der Waals surface area contributed by atoms with Crippen molar-refractivity contribution < 1.29 is 0 Å². The Labute approximate surface area is 91.4 Å². The third-order valence-electron chi connectivity index (χ3n) is 1.65. The molecular weight excluding hydrogens is 242 g/mol. The van der Waals surface area contributed by atoms with E-state index in [1.54, 1.807) is 12.3 Å². The number of rotatable bonds is 3. The van der Waals surface area contributed by atoms with Gasteiger partial charge in [0.25, 0.3) is 0 Å². The second-order valence-corrected chi connectivity index (χ2v) is 3.49. The molecule has 0 amide bonds. The van der Waals surface area contributed by atoms with E-state index in [1.807, 2.05) is 18.2 Å². The summed E-state index contributed by atoms with van der Waals surface area (Å²) in [7, 11) is 0. The first-order chi connectivity index (χ1) is 6.77. The molecule has 4 heteroatoms. The van der Waals surface area contributed by atoms with E-state index in [-0.39, 0.29) is 5.82 Å². The Balaban J connectivity index is 2.86. The normalized spacial score (nSPS) is 10.3. The van der Waals surface area contributed by atoms with Crippen molar-refractivity contribution in [2.75, 3.05) is 11.1 Å². The number of allylic oxidation sites excluding steroid dienone is 1. The van der Waals surface area contributed by atoms with Gasteiger partial charge in [0.15, 0.2) is 0 Å². The zero-order valence-electron chi connectivity index (χ0n) is 7.57. The van der Waals surface area contributed by atoms with Crippen LogP contribution in [0.3, 0.4) is 0 Å². The summed E-state index contributed by atoms with van der Waals surface area (Å²) in [6, 6.07) is 3.72. The lowest BCUT2D eigenvalue weighted by Gasteiger charge is -1.97. The van der Waals surface area contributed by atoms with Gasteiger partial charge in [-0.2, -0.15) is 5.26 Å². The molecule has 0 fully saturated rings. The van der Waals surface area contributed by atoms with Gasteiger partial charge in [-0.3, -0.25) is 0 Å². The van der Waals surface area contributed by atoms with Crippen LogP contribution in [0.25, 0.3) is 6.08 Å². The number of pyridine rings is 1. The van der Waals surface area contributed by atoms with Crippen LogP contribution in [0.5, 0.6) is 0 Å². The number of aromatic nitrogens is 1. The minimum atomic E-state index is 0.283. The average molecular weight is 252 g/mol. The lowest BCUT2D eigenvalue weighted by atomic mass is 10.2. The van der Waals surface area contributed by atoms with E-state index < -0.39 is 0 Å². The lowest BCUT2D eigenvalue weighted by molar-refractivity contribution is 1.26. The smallest absolute Gasteiger partial charge is 0.141 e. The fourth-order valence-corrected chi connectivity index (χ4v) is 1.22. The molecule has 2 N–H and O–H groups in total. The van der Waals surface area contributed by atoms with Gasteiger partial charge in [0.05, 0.1) is 5.56 Å². The molecule has 0 saturated carbocycles. The molecule has 0 aliphatic rings. The Morgan fingerprint density at radius 3 is 3.07 bits per heavy atom. The van der Waals surface area contributed by atoms with Gasteiger partial charge in [-0.15, -0.1) is 0 Å². The van der Waals surface area contributed by atoms with E-state index in [0.717, 1.165) is 17.3 Å². The number of hydrogen-bond donors (Lipinski definition) is 1. The van der Waals surface area contributed by atoms with Crippen molar-refractivity contribution in [3.8, 4) is 6.07 Å². The number of hydrogen-bond acceptors (Lipinski definition) is 3. The molecule has 0 radical (unpaired) electrons. The van der Waals surface area contributed by atoms with Crippen molar-refractivity contribution in [3.05, 3.63) is 29.5 Å². The minimum Gasteiger partial charge on any atom is -0.383 e. The van der Waals surface area contributed by atoms with Crippen molar-refractivity contribution in [2.24, 2.45) is 0 Å². The van der Waals surface area contributed by atoms with Gasteiger partial charge in [0.2, 0.25) is 0 Å². The molecule has 0 bridgehead atoms. The Kier molecular flexibility index (Phi) is 4.14. The van der Waals surface area contributed by atoms with Crippen molar-refractivity contribution in [3.63, 3.8) is 0 Å². The first-order valence-electron chi connectivity index (χ1n) is 4.16. The minimum absolute atomic E-state index is 0.283. The SMILES string of the molecule is N#Cc1cc(C=CCCBr)cnc1N. The van der Waals surface area contributed by atoms with Crippen LogP contribution in [0.2, 0.25) is 0 Å². The molecule has 1 heterocycles. The molecule has 0 aromatic carbocycles. The monoisotopic (exact) mass is 251 g/mol. The van der Waals surface area contributed by atoms with E-state index in [4.69, 9.17) is 11.0 Å². The zero-order chi connectivity index (χ0) is 10.4. The van der Waals surface area contributed by atoms with Gasteiger partial charge in [0, 0.05) is 11.5 Å². The Bertz CT molecular complexity index is 379. The Hall–Kier alpha value is -1.34. The first kappa shape index (κ1) is 10.7. The maximum atomic E-state index is 8.71. The second kappa shape index (κ2) is 5.40. The van der Waals surface area contributed by atoms with Gasteiger partial charge >= 0.3 is 0 Å². The molecule has 0 atom stereocenters. The van der Waals surface area contributed by atoms with Crippen LogP contribution in [0.4, 0.5) is 5.82 Å². The second-order valence-electron chi connectivity index (χ2n) is 2.69. The van der Waals surface area contributed by atoms with E-state index in [1.165, 1.54) is 0 Å². The molecule has 0 spiro atoms. The third kappa shape index (κ3) is 2.86. The highest BCUT2D eigenvalue weighted by Crippen LogP contribution is 2.10. The van der Waals surface area contributed by atoms with Crippen LogP contribution < -0.4 is 5.73 Å². The van der Waals surface area contributed by atoms with Gasteiger partial charge in [-0.25, -0.2) is 4.98 Å². The largest absolute Gasteiger partial charge is 0.383 e. The maximum Gasteiger partial charge on any atom is 0.141 e. The topological polar surface area (TPSA) is 62.7 Å². The molecule has 0 aliphatic heterocycles. The number of nitrogen functional groups attached to an aromatic ring is 1. The maximum absolute atomic E-state index is 8.71. The number of anilines is 1. The van der Waals surface area contributed by atoms with Gasteiger partial charge < -0.3 is 5.73 Å². The predicted octanol–water partition coefficient (Wildman–Crippen LogP) is 2.33. The quantitative estimate of drug-likeness (QED) is 0.839. The summed E-state index contributed by atoms with van der Waals surface area (Å²) in [6.07, 6.45) is 6.55. The van der Waals surface area contributed by atoms with Crippen molar-refractivity contribution in [2.45, 2.75) is 6.42 Å². The highest BCUT2D eigenvalue weighted by atomic mass is 79.9. The molecule has 1 aromatic rings. The van der Waals surface area contributed by atoms with Crippen LogP contribution in [-0.4, -0.2) is 10.3 Å². The fourth-order valence-electron chi connectivity index (χ4n) is 0.955. The summed E-state index contributed by atoms with van der Waals surface area (Å²) in [5.74, 6) is 0.283. The summed E-state index contributed by atoms with van der Waals surface area (Å²) in [6.45, 7) is 0. The lowest BCUT2D eigenvalue weighted by Crippen LogP contribution is -1.94. The van der Waals surface area contributed by atoms with Crippen LogP contribution >= 0.6 is 15.9 Å². The Morgan fingerprint density at radius 1 is 1.64 bits per heavy atom. The molecule has 0 unspecified atom stereocenters. The van der Waals surface area contributed by atoms with E-state index in [2.05, 4.69) is 20.9 Å². The highest BCUT2D eigenvalue weighted by Gasteiger charge is 1.98. The average Bonchev–Trinajstić information content (AvgIpc) is 2.21. The standard InChI is InChI=1S/C10H10BrN3/c11-4-2-1-3-8-5-9(6-12)10(13)14-7-8/h1,3,5,7H,2,4H2,(H2,13,14). The first-order valence-corrected chi connectivity index (χ1v) is 5.28. The number of nitrogens with zero attached hydrogens (tertiary/aromatic N) is 2. The van der Waals surface area contributed by atoms with Crippen molar-refractivity contribution in [1.82, 2.24) is 4.98 Å². The molecule has 3 nitrogen and oxygen atoms in total. The molecule has 0 aliphatic carbocycles. The predicted molar refractivity (Wildman–Crippen MR) is 60.8 cm³/mol. The molecule has 1 aromatic heterocycles. The van der Waals surface area contributed by atoms with Crippen LogP contribution in [0.1, 0.15) is 17.5 Å². The van der Waals surface area contributed by atoms with Gasteiger partial charge in [-0.05, 0) is 18.1 Å². The third-order valence-corrected chi connectivity index (χ3v) is 2.10. The van der Waals surface area contributed by atoms with E-state index >= 15 is 0 Å². The van der Waals surface area contributed by atoms with E-state index in [0.29, 0.717) is 5.56 Å². The summed E-state index contributed by atoms with van der Waals surface area (Å²) in [4.78, 5) is 3.92. The fraction of sp³-hybridized carbons (Fsp3) is 0.200. The summed E-state index contributed by atoms with van der Waals surface area (Å²) < 4.78 is 0. The van der Waals surface area contributed by atoms with Crippen molar-refractivity contribution in [1.29, 1.82) is 5.26 Å².